The van der Waals surface area contributed by atoms with Crippen molar-refractivity contribution in [2.45, 2.75) is 6.92 Å². The number of hydrogen-bond donors (Lipinski definition) is 1. The Hall–Kier alpha value is -2.35. The van der Waals surface area contributed by atoms with Crippen molar-refractivity contribution in [2.24, 2.45) is 0 Å². The average Bonchev–Trinajstić information content (AvgIpc) is 2.37. The van der Waals surface area contributed by atoms with E-state index in [9.17, 15) is 4.79 Å². The van der Waals surface area contributed by atoms with E-state index in [4.69, 9.17) is 5.11 Å². The molecule has 0 saturated carbocycles. The van der Waals surface area contributed by atoms with Crippen LogP contribution >= 0.6 is 0 Å². The summed E-state index contributed by atoms with van der Waals surface area (Å²) < 4.78 is 0. The van der Waals surface area contributed by atoms with Gasteiger partial charge in [0.05, 0.1) is 0 Å². The molecule has 0 amide bonds. The molecule has 0 atom stereocenters. The van der Waals surface area contributed by atoms with Crippen LogP contribution in [0.15, 0.2) is 54.6 Å². The number of rotatable bonds is 3. The summed E-state index contributed by atoms with van der Waals surface area (Å²) in [6.45, 7) is 2.05. The maximum Gasteiger partial charge on any atom is 0.328 e. The highest BCUT2D eigenvalue weighted by molar-refractivity contribution is 5.88. The second-order valence-electron chi connectivity index (χ2n) is 4.07. The molecule has 2 aromatic carbocycles. The van der Waals surface area contributed by atoms with Crippen LogP contribution < -0.4 is 0 Å². The Morgan fingerprint density at radius 2 is 1.61 bits per heavy atom. The van der Waals surface area contributed by atoms with E-state index in [1.165, 1.54) is 5.56 Å². The molecule has 0 radical (unpaired) electrons. The van der Waals surface area contributed by atoms with E-state index in [-0.39, 0.29) is 0 Å². The summed E-state index contributed by atoms with van der Waals surface area (Å²) in [5.74, 6) is -0.936. The van der Waals surface area contributed by atoms with Crippen molar-refractivity contribution in [1.82, 2.24) is 0 Å². The Morgan fingerprint density at radius 3 is 2.28 bits per heavy atom. The Morgan fingerprint density at radius 1 is 1.00 bits per heavy atom. The highest BCUT2D eigenvalue weighted by atomic mass is 16.4. The number of hydrogen-bond acceptors (Lipinski definition) is 1. The highest BCUT2D eigenvalue weighted by Crippen LogP contribution is 2.27. The minimum Gasteiger partial charge on any atom is -0.478 e. The monoisotopic (exact) mass is 238 g/mol. The molecule has 2 aromatic rings. The summed E-state index contributed by atoms with van der Waals surface area (Å²) in [6, 6.07) is 15.9. The lowest BCUT2D eigenvalue weighted by atomic mass is 9.96. The number of aryl methyl sites for hydroxylation is 1. The molecule has 0 fully saturated rings. The molecular formula is C16H14O2. The largest absolute Gasteiger partial charge is 0.478 e. The van der Waals surface area contributed by atoms with Gasteiger partial charge in [-0.3, -0.25) is 0 Å². The molecule has 0 aromatic heterocycles. The highest BCUT2D eigenvalue weighted by Gasteiger charge is 2.04. The van der Waals surface area contributed by atoms with Gasteiger partial charge in [-0.15, -0.1) is 0 Å². The minimum absolute atomic E-state index is 0.911. The molecule has 0 unspecified atom stereocenters. The smallest absolute Gasteiger partial charge is 0.328 e. The third-order valence-corrected chi connectivity index (χ3v) is 2.80. The molecule has 18 heavy (non-hydrogen) atoms. The molecule has 2 rings (SSSR count). The molecule has 2 heteroatoms. The van der Waals surface area contributed by atoms with Crippen LogP contribution in [0.1, 0.15) is 11.1 Å². The quantitative estimate of drug-likeness (QED) is 0.827. The Bertz CT molecular complexity index is 598. The molecule has 0 bridgehead atoms. The van der Waals surface area contributed by atoms with Gasteiger partial charge >= 0.3 is 5.97 Å². The fourth-order valence-corrected chi connectivity index (χ4v) is 1.92. The lowest BCUT2D eigenvalue weighted by Crippen LogP contribution is -1.89. The van der Waals surface area contributed by atoms with Crippen molar-refractivity contribution in [3.63, 3.8) is 0 Å². The van der Waals surface area contributed by atoms with Crippen LogP contribution in [0.2, 0.25) is 0 Å². The SMILES string of the molecule is Cc1ccccc1-c1ccccc1C=CC(=O)O. The molecular weight excluding hydrogens is 224 g/mol. The van der Waals surface area contributed by atoms with Crippen molar-refractivity contribution in [1.29, 1.82) is 0 Å². The zero-order valence-electron chi connectivity index (χ0n) is 10.1. The van der Waals surface area contributed by atoms with Crippen LogP contribution in [-0.4, -0.2) is 11.1 Å². The molecule has 0 saturated heterocycles. The van der Waals surface area contributed by atoms with Gasteiger partial charge in [0, 0.05) is 6.08 Å². The Labute approximate surface area is 106 Å². The van der Waals surface area contributed by atoms with E-state index in [2.05, 4.69) is 0 Å². The molecule has 0 aliphatic carbocycles. The predicted molar refractivity (Wildman–Crippen MR) is 73.3 cm³/mol. The molecule has 2 nitrogen and oxygen atoms in total. The van der Waals surface area contributed by atoms with Crippen LogP contribution in [0.4, 0.5) is 0 Å². The molecule has 0 spiro atoms. The van der Waals surface area contributed by atoms with Crippen molar-refractivity contribution < 1.29 is 9.90 Å². The molecule has 0 heterocycles. The summed E-state index contributed by atoms with van der Waals surface area (Å²) in [6.07, 6.45) is 2.79. The lowest BCUT2D eigenvalue weighted by molar-refractivity contribution is -0.131. The second-order valence-corrected chi connectivity index (χ2v) is 4.07. The van der Waals surface area contributed by atoms with Crippen molar-refractivity contribution in [2.75, 3.05) is 0 Å². The van der Waals surface area contributed by atoms with Gasteiger partial charge in [-0.2, -0.15) is 0 Å². The zero-order chi connectivity index (χ0) is 13.0. The van der Waals surface area contributed by atoms with Gasteiger partial charge in [-0.05, 0) is 35.3 Å². The van der Waals surface area contributed by atoms with Crippen LogP contribution in [0.3, 0.4) is 0 Å². The maximum atomic E-state index is 10.6. The summed E-state index contributed by atoms with van der Waals surface area (Å²) in [5.41, 5.74) is 4.26. The predicted octanol–water partition coefficient (Wildman–Crippen LogP) is 3.76. The van der Waals surface area contributed by atoms with E-state index in [1.807, 2.05) is 55.5 Å². The molecule has 1 N–H and O–H groups in total. The Balaban J connectivity index is 2.52. The summed E-state index contributed by atoms with van der Waals surface area (Å²) in [5, 5.41) is 8.70. The van der Waals surface area contributed by atoms with E-state index in [1.54, 1.807) is 6.08 Å². The van der Waals surface area contributed by atoms with Crippen LogP contribution in [0, 0.1) is 6.92 Å². The first-order chi connectivity index (χ1) is 8.68. The number of carboxylic acids is 1. The summed E-state index contributed by atoms with van der Waals surface area (Å²) in [7, 11) is 0. The Kier molecular flexibility index (Phi) is 3.58. The molecule has 0 aliphatic rings. The normalized spacial score (nSPS) is 10.7. The molecule has 90 valence electrons. The standard InChI is InChI=1S/C16H14O2/c1-12-6-2-4-8-14(12)15-9-5-3-7-13(15)10-11-16(17)18/h2-11H,1H3,(H,17,18). The number of carbonyl (C=O) groups is 1. The van der Waals surface area contributed by atoms with Gasteiger partial charge in [0.2, 0.25) is 0 Å². The van der Waals surface area contributed by atoms with Gasteiger partial charge in [0.25, 0.3) is 0 Å². The number of aliphatic carboxylic acids is 1. The minimum atomic E-state index is -0.936. The second kappa shape index (κ2) is 5.32. The van der Waals surface area contributed by atoms with Gasteiger partial charge in [-0.1, -0.05) is 48.5 Å². The van der Waals surface area contributed by atoms with Gasteiger partial charge in [0.15, 0.2) is 0 Å². The van der Waals surface area contributed by atoms with Crippen molar-refractivity contribution >= 4 is 12.0 Å². The first-order valence-electron chi connectivity index (χ1n) is 5.74. The third-order valence-electron chi connectivity index (χ3n) is 2.80. The van der Waals surface area contributed by atoms with E-state index < -0.39 is 5.97 Å². The third kappa shape index (κ3) is 2.66. The van der Waals surface area contributed by atoms with Gasteiger partial charge in [-0.25, -0.2) is 4.79 Å². The van der Waals surface area contributed by atoms with E-state index in [0.717, 1.165) is 22.8 Å². The van der Waals surface area contributed by atoms with Gasteiger partial charge in [0.1, 0.15) is 0 Å². The van der Waals surface area contributed by atoms with Crippen molar-refractivity contribution in [3.8, 4) is 11.1 Å². The first kappa shape index (κ1) is 12.1. The average molecular weight is 238 g/mol. The van der Waals surface area contributed by atoms with Crippen LogP contribution in [0.25, 0.3) is 17.2 Å². The fourth-order valence-electron chi connectivity index (χ4n) is 1.92. The lowest BCUT2D eigenvalue weighted by Gasteiger charge is -2.09. The van der Waals surface area contributed by atoms with Crippen LogP contribution in [-0.2, 0) is 4.79 Å². The number of benzene rings is 2. The van der Waals surface area contributed by atoms with E-state index >= 15 is 0 Å². The van der Waals surface area contributed by atoms with Crippen molar-refractivity contribution in [3.05, 3.63) is 65.7 Å². The molecule has 0 aliphatic heterocycles. The zero-order valence-corrected chi connectivity index (χ0v) is 10.1. The number of carboxylic acid groups (broad SMARTS) is 1. The first-order valence-corrected chi connectivity index (χ1v) is 5.74. The summed E-state index contributed by atoms with van der Waals surface area (Å²) >= 11 is 0. The summed E-state index contributed by atoms with van der Waals surface area (Å²) in [4.78, 5) is 10.6. The van der Waals surface area contributed by atoms with Crippen LogP contribution in [0.5, 0.6) is 0 Å². The van der Waals surface area contributed by atoms with E-state index in [0.29, 0.717) is 0 Å². The fraction of sp³-hybridized carbons (Fsp3) is 0.0625. The van der Waals surface area contributed by atoms with Gasteiger partial charge < -0.3 is 5.11 Å². The maximum absolute atomic E-state index is 10.6. The topological polar surface area (TPSA) is 37.3 Å².